The van der Waals surface area contributed by atoms with E-state index in [1.165, 1.54) is 13.3 Å². The number of carbonyl (C=O) groups excluding carboxylic acids is 3. The summed E-state index contributed by atoms with van der Waals surface area (Å²) in [6.45, 7) is 6.46. The van der Waals surface area contributed by atoms with Gasteiger partial charge < -0.3 is 15.0 Å². The average Bonchev–Trinajstić information content (AvgIpc) is 4.08. The number of esters is 1. The molecule has 2 aromatic carbocycles. The molecule has 8 rings (SSSR count). The molecule has 57 heavy (non-hydrogen) atoms. The third-order valence-corrected chi connectivity index (χ3v) is 13.2. The molecular weight excluding hydrogens is 718 g/mol. The first kappa shape index (κ1) is 38.6. The lowest BCUT2D eigenvalue weighted by atomic mass is 9.74. The van der Waals surface area contributed by atoms with Gasteiger partial charge in [-0.25, -0.2) is 4.98 Å². The molecule has 3 fully saturated rings. The Morgan fingerprint density at radius 2 is 1.46 bits per heavy atom. The van der Waals surface area contributed by atoms with Crippen LogP contribution < -0.4 is 5.32 Å². The summed E-state index contributed by atoms with van der Waals surface area (Å²) in [5.74, 6) is -0.524. The molecule has 4 heterocycles. The number of benzene rings is 2. The van der Waals surface area contributed by atoms with Crippen LogP contribution in [0.1, 0.15) is 94.9 Å². The van der Waals surface area contributed by atoms with E-state index in [-0.39, 0.29) is 48.0 Å². The first-order valence-corrected chi connectivity index (χ1v) is 20.6. The Bertz CT molecular complexity index is 2160. The van der Waals surface area contributed by atoms with Gasteiger partial charge in [-0.05, 0) is 96.2 Å². The summed E-state index contributed by atoms with van der Waals surface area (Å²) in [6, 6.07) is 20.1. The van der Waals surface area contributed by atoms with E-state index in [2.05, 4.69) is 58.8 Å². The van der Waals surface area contributed by atoms with Crippen molar-refractivity contribution in [3.63, 3.8) is 0 Å². The topological polar surface area (TPSA) is 113 Å². The Morgan fingerprint density at radius 1 is 0.842 bits per heavy atom. The molecule has 3 aliphatic heterocycles. The zero-order chi connectivity index (χ0) is 39.8. The normalized spacial score (nSPS) is 24.9. The summed E-state index contributed by atoms with van der Waals surface area (Å²) >= 11 is 0. The molecule has 5 aliphatic rings. The van der Waals surface area contributed by atoms with Gasteiger partial charge in [-0.15, -0.1) is 0 Å². The number of fused-ring (bicyclic) bond motifs is 2. The van der Waals surface area contributed by atoms with Crippen molar-refractivity contribution in [1.82, 2.24) is 15.2 Å². The third-order valence-electron chi connectivity index (χ3n) is 13.2. The molecule has 2 saturated carbocycles. The van der Waals surface area contributed by atoms with Crippen LogP contribution in [0.2, 0.25) is 0 Å². The first-order valence-electron chi connectivity index (χ1n) is 20.6. The highest BCUT2D eigenvalue weighted by molar-refractivity contribution is 6.04. The number of hydrogen-bond donors (Lipinski definition) is 1. The second kappa shape index (κ2) is 16.3. The number of pyridine rings is 1. The number of methoxy groups -OCH3 is 1. The van der Waals surface area contributed by atoms with E-state index in [9.17, 15) is 18.8 Å². The molecule has 3 aromatic rings. The van der Waals surface area contributed by atoms with Gasteiger partial charge >= 0.3 is 5.97 Å². The zero-order valence-electron chi connectivity index (χ0n) is 33.3. The van der Waals surface area contributed by atoms with Crippen LogP contribution in [0.15, 0.2) is 89.2 Å². The summed E-state index contributed by atoms with van der Waals surface area (Å²) in [5.41, 5.74) is 9.29. The number of aromatic nitrogens is 1. The van der Waals surface area contributed by atoms with E-state index in [1.54, 1.807) is 12.1 Å². The van der Waals surface area contributed by atoms with Gasteiger partial charge in [-0.3, -0.25) is 24.4 Å². The number of hydrogen-bond acceptors (Lipinski definition) is 7. The zero-order valence-corrected chi connectivity index (χ0v) is 33.3. The van der Waals surface area contributed by atoms with Crippen molar-refractivity contribution in [2.24, 2.45) is 45.5 Å². The van der Waals surface area contributed by atoms with Crippen LogP contribution in [0.4, 0.5) is 4.39 Å². The first-order chi connectivity index (χ1) is 27.6. The van der Waals surface area contributed by atoms with Crippen molar-refractivity contribution in [2.75, 3.05) is 13.7 Å². The molecule has 0 radical (unpaired) electrons. The lowest BCUT2D eigenvalue weighted by Gasteiger charge is -2.31. The van der Waals surface area contributed by atoms with Crippen molar-refractivity contribution < 1.29 is 23.5 Å². The molecule has 7 atom stereocenters. The minimum Gasteiger partial charge on any atom is -0.469 e. The van der Waals surface area contributed by atoms with E-state index < -0.39 is 17.9 Å². The lowest BCUT2D eigenvalue weighted by Crippen LogP contribution is -2.45. The van der Waals surface area contributed by atoms with Gasteiger partial charge in [0.15, 0.2) is 0 Å². The molecule has 1 aromatic heterocycles. The van der Waals surface area contributed by atoms with Gasteiger partial charge in [0, 0.05) is 66.8 Å². The smallest absolute Gasteiger partial charge is 0.306 e. The van der Waals surface area contributed by atoms with E-state index in [4.69, 9.17) is 14.7 Å². The minimum absolute atomic E-state index is 0.00697. The fourth-order valence-corrected chi connectivity index (χ4v) is 10.1. The molecule has 0 unspecified atom stereocenters. The van der Waals surface area contributed by atoms with Crippen molar-refractivity contribution >= 4 is 40.4 Å². The van der Waals surface area contributed by atoms with Gasteiger partial charge in [0.1, 0.15) is 0 Å². The van der Waals surface area contributed by atoms with Crippen molar-refractivity contribution in [3.8, 4) is 11.1 Å². The predicted octanol–water partition coefficient (Wildman–Crippen LogP) is 8.62. The number of carbonyl (C=O) groups is 3. The monoisotopic (exact) mass is 769 g/mol. The number of amides is 2. The summed E-state index contributed by atoms with van der Waals surface area (Å²) in [7, 11) is 1.37. The highest BCUT2D eigenvalue weighted by Gasteiger charge is 2.53. The van der Waals surface area contributed by atoms with Gasteiger partial charge in [0.25, 0.3) is 0 Å². The number of nitrogens with one attached hydrogen (secondary N) is 1. The van der Waals surface area contributed by atoms with Crippen LogP contribution in [0.5, 0.6) is 0 Å². The summed E-state index contributed by atoms with van der Waals surface area (Å²) in [4.78, 5) is 54.9. The Balaban J connectivity index is 0.868. The van der Waals surface area contributed by atoms with Gasteiger partial charge in [0.05, 0.1) is 31.5 Å². The van der Waals surface area contributed by atoms with Crippen LogP contribution in [-0.2, 0) is 19.1 Å². The highest BCUT2D eigenvalue weighted by atomic mass is 19.1. The SMILES string of the molecule is COC(=O)C[C@H](C(=O)N1CCC[C@H]1C1=NC=C(c2ccc(-c3ccc(C4=CN=C([C@@H]5[C@H]6CC[C@H](C6)[C@H]5C(=O)N[C@H](C)c5cccnc5F)C4)cc3)cc2)C1)C(C)C. The Labute approximate surface area is 334 Å². The number of ether oxygens (including phenoxy) is 1. The molecule has 2 aliphatic carbocycles. The predicted molar refractivity (Wildman–Crippen MR) is 220 cm³/mol. The molecule has 10 heteroatoms. The molecule has 296 valence electrons. The number of aliphatic imine (C=N–C) groups is 2. The maximum absolute atomic E-state index is 14.4. The lowest BCUT2D eigenvalue weighted by molar-refractivity contribution is -0.148. The standard InChI is InChI=1S/C47H52FN5O4/c1-27(2)38(24-42(54)57-4)47(56)53-20-6-8-41(53)39-22-35(25-50-39)31-13-9-29(10-14-31)30-11-15-32(16-12-30)36-23-40(51-26-36)43-33-17-18-34(21-33)44(43)46(55)52-28(3)37-7-5-19-49-45(37)48/h5,7,9-16,19,25-28,33-34,38,41,43-44H,6,8,17-18,20-24H2,1-4H3,(H,52,55)/t28-,33+,34-,38+,41+,43+,44-/m1/s1. The quantitative estimate of drug-likeness (QED) is 0.146. The number of rotatable bonds is 12. The van der Waals surface area contributed by atoms with Crippen molar-refractivity contribution in [3.05, 3.63) is 102 Å². The maximum Gasteiger partial charge on any atom is 0.306 e. The van der Waals surface area contributed by atoms with Crippen LogP contribution in [0.25, 0.3) is 22.3 Å². The molecule has 1 N–H and O–H groups in total. The molecule has 0 spiro atoms. The summed E-state index contributed by atoms with van der Waals surface area (Å²) in [5, 5.41) is 3.11. The number of nitrogens with zero attached hydrogens (tertiary/aromatic N) is 4. The van der Waals surface area contributed by atoms with E-state index in [0.29, 0.717) is 30.4 Å². The number of halogens is 1. The fourth-order valence-electron chi connectivity index (χ4n) is 10.1. The van der Waals surface area contributed by atoms with Crippen molar-refractivity contribution in [1.29, 1.82) is 0 Å². The van der Waals surface area contributed by atoms with E-state index in [0.717, 1.165) is 83.3 Å². The van der Waals surface area contributed by atoms with Gasteiger partial charge in [0.2, 0.25) is 17.8 Å². The van der Waals surface area contributed by atoms with Crippen LogP contribution in [-0.4, -0.2) is 58.8 Å². The summed E-state index contributed by atoms with van der Waals surface area (Å²) in [6.07, 6.45) is 11.9. The molecule has 2 bridgehead atoms. The summed E-state index contributed by atoms with van der Waals surface area (Å²) < 4.78 is 19.3. The third kappa shape index (κ3) is 7.75. The Hall–Kier alpha value is -5.25. The molecule has 2 amide bonds. The Kier molecular flexibility index (Phi) is 11.1. The second-order valence-electron chi connectivity index (χ2n) is 16.9. The second-order valence-corrected chi connectivity index (χ2v) is 16.9. The number of likely N-dealkylation sites (tertiary alicyclic amines) is 1. The number of allylic oxidation sites excluding steroid dienone is 2. The Morgan fingerprint density at radius 3 is 2.09 bits per heavy atom. The minimum atomic E-state index is -0.545. The highest BCUT2D eigenvalue weighted by Crippen LogP contribution is 2.54. The van der Waals surface area contributed by atoms with Crippen molar-refractivity contribution in [2.45, 2.75) is 84.2 Å². The fraction of sp³-hybridized carbons (Fsp3) is 0.447. The van der Waals surface area contributed by atoms with E-state index >= 15 is 0 Å². The van der Waals surface area contributed by atoms with Gasteiger partial charge in [-0.2, -0.15) is 4.39 Å². The average molecular weight is 770 g/mol. The molecular formula is C47H52FN5O4. The van der Waals surface area contributed by atoms with Crippen LogP contribution >= 0.6 is 0 Å². The van der Waals surface area contributed by atoms with Crippen LogP contribution in [0.3, 0.4) is 0 Å². The van der Waals surface area contributed by atoms with Gasteiger partial charge in [-0.1, -0.05) is 68.4 Å². The maximum atomic E-state index is 14.4. The largest absolute Gasteiger partial charge is 0.469 e. The molecule has 9 nitrogen and oxygen atoms in total. The molecule has 1 saturated heterocycles. The van der Waals surface area contributed by atoms with E-state index in [1.807, 2.05) is 38.1 Å². The van der Waals surface area contributed by atoms with Crippen LogP contribution in [0, 0.1) is 41.5 Å².